The summed E-state index contributed by atoms with van der Waals surface area (Å²) in [6, 6.07) is 14.5. The summed E-state index contributed by atoms with van der Waals surface area (Å²) in [5, 5.41) is 3.16. The Morgan fingerprint density at radius 2 is 1.79 bits per heavy atom. The van der Waals surface area contributed by atoms with E-state index in [1.54, 1.807) is 30.9 Å². The number of anilines is 1. The molecule has 1 saturated heterocycles. The number of sulfonamides is 1. The van der Waals surface area contributed by atoms with Crippen molar-refractivity contribution >= 4 is 27.5 Å². The van der Waals surface area contributed by atoms with Crippen molar-refractivity contribution in [1.29, 1.82) is 0 Å². The summed E-state index contributed by atoms with van der Waals surface area (Å²) in [4.78, 5) is 27.5. The Bertz CT molecular complexity index is 1130. The Kier molecular flexibility index (Phi) is 6.86. The van der Waals surface area contributed by atoms with Gasteiger partial charge in [0.1, 0.15) is 0 Å². The number of aryl methyl sites for hydroxylation is 1. The van der Waals surface area contributed by atoms with E-state index in [-0.39, 0.29) is 29.2 Å². The normalized spacial score (nSPS) is 20.7. The molecule has 0 spiro atoms. The molecule has 1 aliphatic carbocycles. The number of benzene rings is 2. The molecular formula is C25H31N3O4S. The number of rotatable bonds is 7. The summed E-state index contributed by atoms with van der Waals surface area (Å²) in [5.41, 5.74) is 3.05. The Labute approximate surface area is 195 Å². The Balaban J connectivity index is 1.44. The minimum absolute atomic E-state index is 0.0174. The second-order valence-electron chi connectivity index (χ2n) is 8.64. The Morgan fingerprint density at radius 1 is 1.09 bits per heavy atom. The van der Waals surface area contributed by atoms with Gasteiger partial charge < -0.3 is 10.2 Å². The maximum atomic E-state index is 13.0. The first-order chi connectivity index (χ1) is 15.8. The van der Waals surface area contributed by atoms with Crippen molar-refractivity contribution in [2.45, 2.75) is 50.5 Å². The van der Waals surface area contributed by atoms with Crippen LogP contribution in [-0.2, 0) is 26.0 Å². The lowest BCUT2D eigenvalue weighted by molar-refractivity contribution is -0.127. The third-order valence-electron chi connectivity index (χ3n) is 6.67. The van der Waals surface area contributed by atoms with Gasteiger partial charge in [-0.05, 0) is 54.7 Å². The lowest BCUT2D eigenvalue weighted by Gasteiger charge is -2.27. The van der Waals surface area contributed by atoms with Crippen molar-refractivity contribution in [2.75, 3.05) is 24.5 Å². The zero-order chi connectivity index (χ0) is 23.6. The first-order valence-electron chi connectivity index (χ1n) is 11.6. The largest absolute Gasteiger partial charge is 0.349 e. The predicted octanol–water partition coefficient (Wildman–Crippen LogP) is 3.26. The number of nitrogens with one attached hydrogen (secondary N) is 1. The van der Waals surface area contributed by atoms with Crippen LogP contribution >= 0.6 is 0 Å². The van der Waals surface area contributed by atoms with Crippen molar-refractivity contribution < 1.29 is 18.0 Å². The number of amides is 2. The fraction of sp³-hybridized carbons (Fsp3) is 0.440. The lowest BCUT2D eigenvalue weighted by Crippen LogP contribution is -2.36. The number of hydrogen-bond acceptors (Lipinski definition) is 4. The van der Waals surface area contributed by atoms with E-state index in [1.165, 1.54) is 27.6 Å². The molecule has 0 saturated carbocycles. The summed E-state index contributed by atoms with van der Waals surface area (Å²) in [6.45, 7) is 4.69. The standard InChI is InChI=1S/C25H31N3O4S/c1-3-27(4-2)33(31,32)21-14-12-20(13-15-21)28-17-19(16-24(28)29)25(30)26-23-11-7-9-18-8-5-6-10-22(18)23/h5-6,8,10,12-15,19,23H,3-4,7,9,11,16-17H2,1-2H3,(H,26,30). The third kappa shape index (κ3) is 4.68. The predicted molar refractivity (Wildman–Crippen MR) is 127 cm³/mol. The smallest absolute Gasteiger partial charge is 0.243 e. The van der Waals surface area contributed by atoms with E-state index < -0.39 is 15.9 Å². The molecule has 2 aliphatic rings. The van der Waals surface area contributed by atoms with Crippen LogP contribution in [0.2, 0.25) is 0 Å². The van der Waals surface area contributed by atoms with Gasteiger partial charge in [0.2, 0.25) is 21.8 Å². The second kappa shape index (κ2) is 9.65. The van der Waals surface area contributed by atoms with Gasteiger partial charge in [-0.1, -0.05) is 38.1 Å². The first-order valence-corrected chi connectivity index (χ1v) is 13.1. The summed E-state index contributed by atoms with van der Waals surface area (Å²) in [7, 11) is -3.55. The van der Waals surface area contributed by atoms with Crippen molar-refractivity contribution in [2.24, 2.45) is 5.92 Å². The maximum Gasteiger partial charge on any atom is 0.243 e. The van der Waals surface area contributed by atoms with Gasteiger partial charge >= 0.3 is 0 Å². The molecule has 1 aliphatic heterocycles. The monoisotopic (exact) mass is 469 g/mol. The van der Waals surface area contributed by atoms with Crippen LogP contribution in [-0.4, -0.2) is 44.2 Å². The number of nitrogens with zero attached hydrogens (tertiary/aromatic N) is 2. The highest BCUT2D eigenvalue weighted by Crippen LogP contribution is 2.31. The van der Waals surface area contributed by atoms with Crippen molar-refractivity contribution in [3.05, 3.63) is 59.7 Å². The molecule has 0 bridgehead atoms. The van der Waals surface area contributed by atoms with Gasteiger partial charge in [-0.2, -0.15) is 4.31 Å². The fourth-order valence-electron chi connectivity index (χ4n) is 4.84. The quantitative estimate of drug-likeness (QED) is 0.674. The van der Waals surface area contributed by atoms with E-state index >= 15 is 0 Å². The van der Waals surface area contributed by atoms with E-state index in [2.05, 4.69) is 17.4 Å². The summed E-state index contributed by atoms with van der Waals surface area (Å²) in [5.74, 6) is -0.655. The zero-order valence-electron chi connectivity index (χ0n) is 19.2. The molecule has 4 rings (SSSR count). The molecule has 1 N–H and O–H groups in total. The van der Waals surface area contributed by atoms with Crippen LogP contribution in [0.5, 0.6) is 0 Å². The highest BCUT2D eigenvalue weighted by molar-refractivity contribution is 7.89. The maximum absolute atomic E-state index is 13.0. The number of fused-ring (bicyclic) bond motifs is 1. The van der Waals surface area contributed by atoms with Gasteiger partial charge in [0.25, 0.3) is 0 Å². The topological polar surface area (TPSA) is 86.8 Å². The van der Waals surface area contributed by atoms with Crippen molar-refractivity contribution in [1.82, 2.24) is 9.62 Å². The molecule has 33 heavy (non-hydrogen) atoms. The van der Waals surface area contributed by atoms with E-state index in [9.17, 15) is 18.0 Å². The van der Waals surface area contributed by atoms with Crippen LogP contribution in [0.3, 0.4) is 0 Å². The zero-order valence-corrected chi connectivity index (χ0v) is 20.0. The number of hydrogen-bond donors (Lipinski definition) is 1. The molecule has 1 heterocycles. The van der Waals surface area contributed by atoms with Gasteiger partial charge in [-0.3, -0.25) is 9.59 Å². The number of carbonyl (C=O) groups excluding carboxylic acids is 2. The van der Waals surface area contributed by atoms with Crippen LogP contribution in [0.1, 0.15) is 50.3 Å². The molecule has 7 nitrogen and oxygen atoms in total. The van der Waals surface area contributed by atoms with E-state index in [0.717, 1.165) is 19.3 Å². The van der Waals surface area contributed by atoms with Crippen molar-refractivity contribution in [3.63, 3.8) is 0 Å². The molecule has 1 fully saturated rings. The average molecular weight is 470 g/mol. The first kappa shape index (κ1) is 23.4. The molecule has 2 atom stereocenters. The molecule has 2 aromatic carbocycles. The highest BCUT2D eigenvalue weighted by atomic mass is 32.2. The molecule has 2 amide bonds. The average Bonchev–Trinajstić information content (AvgIpc) is 3.22. The molecule has 2 aromatic rings. The number of carbonyl (C=O) groups is 2. The summed E-state index contributed by atoms with van der Waals surface area (Å²) >= 11 is 0. The Hall–Kier alpha value is -2.71. The van der Waals surface area contributed by atoms with Crippen LogP contribution < -0.4 is 10.2 Å². The lowest BCUT2D eigenvalue weighted by atomic mass is 9.87. The van der Waals surface area contributed by atoms with Crippen molar-refractivity contribution in [3.8, 4) is 0 Å². The van der Waals surface area contributed by atoms with Gasteiger partial charge in [-0.25, -0.2) is 8.42 Å². The van der Waals surface area contributed by atoms with Crippen LogP contribution in [0.15, 0.2) is 53.4 Å². The third-order valence-corrected chi connectivity index (χ3v) is 8.74. The molecule has 2 unspecified atom stereocenters. The van der Waals surface area contributed by atoms with E-state index in [1.807, 2.05) is 12.1 Å². The highest BCUT2D eigenvalue weighted by Gasteiger charge is 2.36. The van der Waals surface area contributed by atoms with Gasteiger partial charge in [-0.15, -0.1) is 0 Å². The molecular weight excluding hydrogens is 438 g/mol. The molecule has 8 heteroatoms. The van der Waals surface area contributed by atoms with Gasteiger partial charge in [0, 0.05) is 31.7 Å². The van der Waals surface area contributed by atoms with Crippen LogP contribution in [0, 0.1) is 5.92 Å². The molecule has 0 aromatic heterocycles. The summed E-state index contributed by atoms with van der Waals surface area (Å²) < 4.78 is 26.8. The Morgan fingerprint density at radius 3 is 2.48 bits per heavy atom. The van der Waals surface area contributed by atoms with Gasteiger partial charge in [0.15, 0.2) is 0 Å². The van der Waals surface area contributed by atoms with Crippen LogP contribution in [0.25, 0.3) is 0 Å². The van der Waals surface area contributed by atoms with Crippen LogP contribution in [0.4, 0.5) is 5.69 Å². The van der Waals surface area contributed by atoms with Gasteiger partial charge in [0.05, 0.1) is 16.9 Å². The van der Waals surface area contributed by atoms with E-state index in [0.29, 0.717) is 25.3 Å². The molecule has 176 valence electrons. The summed E-state index contributed by atoms with van der Waals surface area (Å²) in [6.07, 6.45) is 3.11. The molecule has 0 radical (unpaired) electrons. The minimum atomic E-state index is -3.55. The second-order valence-corrected chi connectivity index (χ2v) is 10.6. The minimum Gasteiger partial charge on any atom is -0.349 e. The van der Waals surface area contributed by atoms with E-state index in [4.69, 9.17) is 0 Å². The fourth-order valence-corrected chi connectivity index (χ4v) is 6.29. The SMILES string of the molecule is CCN(CC)S(=O)(=O)c1ccc(N2CC(C(=O)NC3CCCc4ccccc43)CC2=O)cc1.